The number of ether oxygens (including phenoxy) is 2. The predicted octanol–water partition coefficient (Wildman–Crippen LogP) is 2.00. The van der Waals surface area contributed by atoms with Crippen LogP contribution in [0.1, 0.15) is 24.8 Å². The van der Waals surface area contributed by atoms with Gasteiger partial charge in [0.2, 0.25) is 5.91 Å². The minimum absolute atomic E-state index is 0.0334. The van der Waals surface area contributed by atoms with Gasteiger partial charge in [0.05, 0.1) is 19.6 Å². The van der Waals surface area contributed by atoms with Crippen LogP contribution in [0.4, 0.5) is 0 Å². The number of hydrogen-bond donors (Lipinski definition) is 0. The predicted molar refractivity (Wildman–Crippen MR) is 84.5 cm³/mol. The topological polar surface area (TPSA) is 55.8 Å². The molecule has 2 aliphatic rings. The lowest BCUT2D eigenvalue weighted by atomic mass is 9.91. The molecule has 1 saturated carbocycles. The Morgan fingerprint density at radius 2 is 1.91 bits per heavy atom. The normalized spacial score (nSPS) is 22.0. The van der Waals surface area contributed by atoms with Crippen molar-refractivity contribution >= 4 is 11.9 Å². The first kappa shape index (κ1) is 16.0. The van der Waals surface area contributed by atoms with Gasteiger partial charge in [0.15, 0.2) is 0 Å². The summed E-state index contributed by atoms with van der Waals surface area (Å²) in [4.78, 5) is 25.7. The molecular formula is C18H23NO4. The van der Waals surface area contributed by atoms with Crippen molar-refractivity contribution in [2.24, 2.45) is 11.3 Å². The van der Waals surface area contributed by atoms with Gasteiger partial charge in [-0.25, -0.2) is 0 Å². The van der Waals surface area contributed by atoms with E-state index in [0.29, 0.717) is 19.7 Å². The lowest BCUT2D eigenvalue weighted by molar-refractivity contribution is -0.143. The van der Waals surface area contributed by atoms with Crippen molar-refractivity contribution in [3.8, 4) is 0 Å². The van der Waals surface area contributed by atoms with Gasteiger partial charge in [0.25, 0.3) is 0 Å². The minimum atomic E-state index is -0.101. The first-order valence-electron chi connectivity index (χ1n) is 8.12. The summed E-state index contributed by atoms with van der Waals surface area (Å²) in [6.45, 7) is 1.99. The molecule has 3 rings (SSSR count). The van der Waals surface area contributed by atoms with Crippen LogP contribution in [-0.4, -0.2) is 43.6 Å². The molecule has 0 N–H and O–H groups in total. The van der Waals surface area contributed by atoms with Crippen molar-refractivity contribution in [3.05, 3.63) is 35.9 Å². The molecule has 1 aliphatic heterocycles. The number of benzene rings is 1. The van der Waals surface area contributed by atoms with Crippen molar-refractivity contribution in [2.45, 2.75) is 25.9 Å². The van der Waals surface area contributed by atoms with Crippen LogP contribution >= 0.6 is 0 Å². The third kappa shape index (κ3) is 3.55. The Hall–Kier alpha value is -1.88. The summed E-state index contributed by atoms with van der Waals surface area (Å²) in [6, 6.07) is 9.83. The van der Waals surface area contributed by atoms with Gasteiger partial charge in [-0.3, -0.25) is 9.59 Å². The highest BCUT2D eigenvalue weighted by atomic mass is 16.5. The second-order valence-electron chi connectivity index (χ2n) is 6.50. The summed E-state index contributed by atoms with van der Waals surface area (Å²) in [5.74, 6) is -0.0268. The molecule has 1 amide bonds. The summed E-state index contributed by atoms with van der Waals surface area (Å²) in [5, 5.41) is 0. The van der Waals surface area contributed by atoms with E-state index in [1.54, 1.807) is 0 Å². The number of carbonyl (C=O) groups is 2. The number of likely N-dealkylation sites (tertiary alicyclic amines) is 1. The van der Waals surface area contributed by atoms with Gasteiger partial charge in [-0.15, -0.1) is 0 Å². The van der Waals surface area contributed by atoms with Crippen molar-refractivity contribution in [1.29, 1.82) is 0 Å². The van der Waals surface area contributed by atoms with Crippen molar-refractivity contribution < 1.29 is 19.1 Å². The van der Waals surface area contributed by atoms with E-state index in [9.17, 15) is 9.59 Å². The Kier molecular flexibility index (Phi) is 4.66. The average molecular weight is 317 g/mol. The zero-order valence-corrected chi connectivity index (χ0v) is 13.5. The van der Waals surface area contributed by atoms with Crippen molar-refractivity contribution in [1.82, 2.24) is 4.90 Å². The van der Waals surface area contributed by atoms with Gasteiger partial charge in [0, 0.05) is 13.1 Å². The number of amides is 1. The summed E-state index contributed by atoms with van der Waals surface area (Å²) in [6.07, 6.45) is 2.68. The lowest BCUT2D eigenvalue weighted by Gasteiger charge is -2.32. The Morgan fingerprint density at radius 3 is 2.57 bits per heavy atom. The van der Waals surface area contributed by atoms with Crippen LogP contribution in [-0.2, 0) is 25.7 Å². The summed E-state index contributed by atoms with van der Waals surface area (Å²) in [7, 11) is 1.44. The molecule has 23 heavy (non-hydrogen) atoms. The standard InChI is InChI=1S/C18H23NO4/c1-22-17(21)15-11-18(15)7-9-19(10-8-18)16(20)13-23-12-14-5-3-2-4-6-14/h2-6,15H,7-13H2,1H3/t15-/m1/s1. The van der Waals surface area contributed by atoms with E-state index >= 15 is 0 Å². The van der Waals surface area contributed by atoms with E-state index in [0.717, 1.165) is 24.8 Å². The second-order valence-corrected chi connectivity index (χ2v) is 6.50. The van der Waals surface area contributed by atoms with E-state index < -0.39 is 0 Å². The van der Waals surface area contributed by atoms with Crippen LogP contribution in [0.2, 0.25) is 0 Å². The molecule has 0 radical (unpaired) electrons. The highest BCUT2D eigenvalue weighted by Crippen LogP contribution is 2.59. The zero-order chi connectivity index (χ0) is 16.3. The molecule has 1 saturated heterocycles. The second kappa shape index (κ2) is 6.71. The van der Waals surface area contributed by atoms with E-state index in [-0.39, 0.29) is 29.8 Å². The molecule has 1 aromatic rings. The summed E-state index contributed by atoms with van der Waals surface area (Å²) >= 11 is 0. The molecular weight excluding hydrogens is 294 g/mol. The molecule has 1 heterocycles. The maximum absolute atomic E-state index is 12.2. The lowest BCUT2D eigenvalue weighted by Crippen LogP contribution is -2.41. The van der Waals surface area contributed by atoms with Gasteiger partial charge in [-0.1, -0.05) is 30.3 Å². The summed E-state index contributed by atoms with van der Waals surface area (Å²) in [5.41, 5.74) is 1.16. The average Bonchev–Trinajstić information content (AvgIpc) is 3.29. The molecule has 5 nitrogen and oxygen atoms in total. The highest BCUT2D eigenvalue weighted by molar-refractivity contribution is 5.78. The molecule has 1 aliphatic carbocycles. The van der Waals surface area contributed by atoms with Crippen LogP contribution < -0.4 is 0 Å². The fraction of sp³-hybridized carbons (Fsp3) is 0.556. The smallest absolute Gasteiger partial charge is 0.309 e. The first-order valence-corrected chi connectivity index (χ1v) is 8.12. The van der Waals surface area contributed by atoms with Gasteiger partial charge >= 0.3 is 5.97 Å². The molecule has 0 aromatic heterocycles. The Balaban J connectivity index is 1.40. The molecule has 1 atom stereocenters. The number of nitrogens with zero attached hydrogens (tertiary/aromatic N) is 1. The molecule has 1 spiro atoms. The van der Waals surface area contributed by atoms with E-state index in [1.165, 1.54) is 7.11 Å². The van der Waals surface area contributed by atoms with Crippen molar-refractivity contribution in [3.63, 3.8) is 0 Å². The Labute approximate surface area is 136 Å². The Morgan fingerprint density at radius 1 is 1.22 bits per heavy atom. The van der Waals surface area contributed by atoms with E-state index in [1.807, 2.05) is 35.2 Å². The van der Waals surface area contributed by atoms with Crippen LogP contribution in [0.15, 0.2) is 30.3 Å². The fourth-order valence-electron chi connectivity index (χ4n) is 3.50. The monoisotopic (exact) mass is 317 g/mol. The third-order valence-corrected chi connectivity index (χ3v) is 5.12. The quantitative estimate of drug-likeness (QED) is 0.780. The number of rotatable bonds is 5. The van der Waals surface area contributed by atoms with Gasteiger partial charge in [-0.05, 0) is 30.2 Å². The fourth-order valence-corrected chi connectivity index (χ4v) is 3.50. The number of piperidine rings is 1. The third-order valence-electron chi connectivity index (χ3n) is 5.12. The largest absolute Gasteiger partial charge is 0.469 e. The van der Waals surface area contributed by atoms with Gasteiger partial charge in [0.1, 0.15) is 6.61 Å². The first-order chi connectivity index (χ1) is 11.1. The maximum Gasteiger partial charge on any atom is 0.309 e. The van der Waals surface area contributed by atoms with Crippen LogP contribution in [0.3, 0.4) is 0 Å². The van der Waals surface area contributed by atoms with Crippen molar-refractivity contribution in [2.75, 3.05) is 26.8 Å². The molecule has 2 fully saturated rings. The van der Waals surface area contributed by atoms with E-state index in [2.05, 4.69) is 0 Å². The van der Waals surface area contributed by atoms with Crippen LogP contribution in [0, 0.1) is 11.3 Å². The SMILES string of the molecule is COC(=O)[C@H]1CC12CCN(C(=O)COCc1ccccc1)CC2. The zero-order valence-electron chi connectivity index (χ0n) is 13.5. The number of carbonyl (C=O) groups excluding carboxylic acids is 2. The molecule has 0 unspecified atom stereocenters. The van der Waals surface area contributed by atoms with E-state index in [4.69, 9.17) is 9.47 Å². The molecule has 1 aromatic carbocycles. The molecule has 5 heteroatoms. The van der Waals surface area contributed by atoms with Gasteiger partial charge in [-0.2, -0.15) is 0 Å². The highest BCUT2D eigenvalue weighted by Gasteiger charge is 2.59. The molecule has 124 valence electrons. The summed E-state index contributed by atoms with van der Waals surface area (Å²) < 4.78 is 10.3. The number of hydrogen-bond acceptors (Lipinski definition) is 4. The number of esters is 1. The maximum atomic E-state index is 12.2. The Bertz CT molecular complexity index is 564. The minimum Gasteiger partial charge on any atom is -0.469 e. The molecule has 0 bridgehead atoms. The number of methoxy groups -OCH3 is 1. The van der Waals surface area contributed by atoms with Gasteiger partial charge < -0.3 is 14.4 Å². The van der Waals surface area contributed by atoms with Crippen LogP contribution in [0.25, 0.3) is 0 Å². The van der Waals surface area contributed by atoms with Crippen LogP contribution in [0.5, 0.6) is 0 Å².